The topological polar surface area (TPSA) is 41.9 Å². The molecule has 0 radical (unpaired) electrons. The highest BCUT2D eigenvalue weighted by Crippen LogP contribution is 2.37. The summed E-state index contributed by atoms with van der Waals surface area (Å²) in [6.45, 7) is 3.60. The van der Waals surface area contributed by atoms with Gasteiger partial charge in [-0.15, -0.1) is 0 Å². The second-order valence-corrected chi connectivity index (χ2v) is 5.43. The minimum atomic E-state index is -0.536. The molecule has 2 saturated heterocycles. The highest BCUT2D eigenvalue weighted by molar-refractivity contribution is 5.61. The molecule has 1 N–H and O–H groups in total. The second kappa shape index (κ2) is 5.02. The summed E-state index contributed by atoms with van der Waals surface area (Å²) in [6, 6.07) is 5.95. The molecule has 104 valence electrons. The third-order valence-electron chi connectivity index (χ3n) is 4.07. The summed E-state index contributed by atoms with van der Waals surface area (Å²) in [5.41, 5.74) is 1.96. The number of rotatable bonds is 3. The summed E-state index contributed by atoms with van der Waals surface area (Å²) < 4.78 is 11.3. The van der Waals surface area contributed by atoms with Crippen LogP contribution < -0.4 is 9.64 Å². The van der Waals surface area contributed by atoms with Crippen molar-refractivity contribution < 1.29 is 14.6 Å². The fourth-order valence-electron chi connectivity index (χ4n) is 3.22. The maximum atomic E-state index is 10.1. The first-order valence-corrected chi connectivity index (χ1v) is 6.94. The van der Waals surface area contributed by atoms with Crippen LogP contribution in [0, 0.1) is 0 Å². The molecule has 0 saturated carbocycles. The molecule has 0 spiro atoms. The standard InChI is InChI=1S/C15H21NO3/c1-10(17)15-13(4-3-5-14(15)18-2)16-8-11-6-7-12(9-16)19-11/h3-5,10-12,17H,6-9H2,1-2H3/t10-,11?,12?/m0/s1. The summed E-state index contributed by atoms with van der Waals surface area (Å²) in [7, 11) is 1.65. The zero-order chi connectivity index (χ0) is 13.4. The molecule has 2 unspecified atom stereocenters. The minimum absolute atomic E-state index is 0.340. The molecule has 3 rings (SSSR count). The van der Waals surface area contributed by atoms with Gasteiger partial charge < -0.3 is 19.5 Å². The lowest BCUT2D eigenvalue weighted by Gasteiger charge is -2.35. The number of methoxy groups -OCH3 is 1. The third-order valence-corrected chi connectivity index (χ3v) is 4.07. The molecule has 2 heterocycles. The second-order valence-electron chi connectivity index (χ2n) is 5.43. The van der Waals surface area contributed by atoms with Crippen molar-refractivity contribution >= 4 is 5.69 Å². The predicted octanol–water partition coefficient (Wildman–Crippen LogP) is 2.12. The van der Waals surface area contributed by atoms with Crippen LogP contribution >= 0.6 is 0 Å². The molecule has 19 heavy (non-hydrogen) atoms. The molecule has 2 bridgehead atoms. The van der Waals surface area contributed by atoms with E-state index in [9.17, 15) is 5.11 Å². The van der Waals surface area contributed by atoms with Gasteiger partial charge in [0.2, 0.25) is 0 Å². The van der Waals surface area contributed by atoms with E-state index in [1.807, 2.05) is 12.1 Å². The Labute approximate surface area is 113 Å². The number of aliphatic hydroxyl groups excluding tert-OH is 1. The molecule has 4 nitrogen and oxygen atoms in total. The van der Waals surface area contributed by atoms with Gasteiger partial charge in [-0.05, 0) is 31.9 Å². The summed E-state index contributed by atoms with van der Waals surface area (Å²) in [4.78, 5) is 2.33. The van der Waals surface area contributed by atoms with E-state index in [0.717, 1.165) is 42.9 Å². The Morgan fingerprint density at radius 2 is 2.00 bits per heavy atom. The molecule has 0 amide bonds. The van der Waals surface area contributed by atoms with E-state index in [1.165, 1.54) is 0 Å². The Morgan fingerprint density at radius 1 is 1.32 bits per heavy atom. The van der Waals surface area contributed by atoms with E-state index in [4.69, 9.17) is 9.47 Å². The van der Waals surface area contributed by atoms with Crippen molar-refractivity contribution in [3.8, 4) is 5.75 Å². The van der Waals surface area contributed by atoms with E-state index in [2.05, 4.69) is 11.0 Å². The fourth-order valence-corrected chi connectivity index (χ4v) is 3.22. The summed E-state index contributed by atoms with van der Waals surface area (Å²) in [5.74, 6) is 0.756. The van der Waals surface area contributed by atoms with Crippen LogP contribution in [-0.4, -0.2) is 37.5 Å². The summed E-state index contributed by atoms with van der Waals surface area (Å²) in [6.07, 6.45) is 2.44. The van der Waals surface area contributed by atoms with Crippen molar-refractivity contribution in [3.05, 3.63) is 23.8 Å². The molecule has 2 aliphatic rings. The first-order valence-electron chi connectivity index (χ1n) is 6.94. The molecule has 1 aromatic carbocycles. The van der Waals surface area contributed by atoms with Gasteiger partial charge in [-0.2, -0.15) is 0 Å². The number of nitrogens with zero attached hydrogens (tertiary/aromatic N) is 1. The van der Waals surface area contributed by atoms with Gasteiger partial charge >= 0.3 is 0 Å². The van der Waals surface area contributed by atoms with E-state index >= 15 is 0 Å². The smallest absolute Gasteiger partial charge is 0.126 e. The number of ether oxygens (including phenoxy) is 2. The summed E-state index contributed by atoms with van der Waals surface area (Å²) >= 11 is 0. The van der Waals surface area contributed by atoms with Crippen molar-refractivity contribution in [3.63, 3.8) is 0 Å². The normalized spacial score (nSPS) is 27.4. The van der Waals surface area contributed by atoms with Crippen molar-refractivity contribution in [2.24, 2.45) is 0 Å². The van der Waals surface area contributed by atoms with Crippen LogP contribution in [0.4, 0.5) is 5.69 Å². The lowest BCUT2D eigenvalue weighted by molar-refractivity contribution is 0.0302. The molecule has 4 heteroatoms. The van der Waals surface area contributed by atoms with Crippen LogP contribution in [-0.2, 0) is 4.74 Å². The van der Waals surface area contributed by atoms with Crippen molar-refractivity contribution in [1.29, 1.82) is 0 Å². The molecule has 0 aromatic heterocycles. The average molecular weight is 263 g/mol. The number of aliphatic hydroxyl groups is 1. The van der Waals surface area contributed by atoms with Gasteiger partial charge in [0.05, 0.1) is 25.4 Å². The number of morpholine rings is 1. The number of hydrogen-bond donors (Lipinski definition) is 1. The molecular weight excluding hydrogens is 242 g/mol. The Balaban J connectivity index is 1.95. The molecular formula is C15H21NO3. The van der Waals surface area contributed by atoms with Crippen molar-refractivity contribution in [2.75, 3.05) is 25.1 Å². The minimum Gasteiger partial charge on any atom is -0.496 e. The third kappa shape index (κ3) is 2.30. The summed E-state index contributed by atoms with van der Waals surface area (Å²) in [5, 5.41) is 10.1. The number of benzene rings is 1. The van der Waals surface area contributed by atoms with Gasteiger partial charge in [-0.3, -0.25) is 0 Å². The van der Waals surface area contributed by atoms with Crippen LogP contribution in [0.15, 0.2) is 18.2 Å². The van der Waals surface area contributed by atoms with E-state index in [0.29, 0.717) is 12.2 Å². The highest BCUT2D eigenvalue weighted by Gasteiger charge is 2.35. The Hall–Kier alpha value is -1.26. The first kappa shape index (κ1) is 12.8. The van der Waals surface area contributed by atoms with Gasteiger partial charge in [0.25, 0.3) is 0 Å². The van der Waals surface area contributed by atoms with Crippen LogP contribution in [0.5, 0.6) is 5.75 Å². The monoisotopic (exact) mass is 263 g/mol. The van der Waals surface area contributed by atoms with Gasteiger partial charge in [0.15, 0.2) is 0 Å². The predicted molar refractivity (Wildman–Crippen MR) is 73.7 cm³/mol. The lowest BCUT2D eigenvalue weighted by atomic mass is 10.0. The van der Waals surface area contributed by atoms with E-state index < -0.39 is 6.10 Å². The van der Waals surface area contributed by atoms with Crippen LogP contribution in [0.1, 0.15) is 31.4 Å². The van der Waals surface area contributed by atoms with Gasteiger partial charge in [-0.25, -0.2) is 0 Å². The molecule has 2 fully saturated rings. The fraction of sp³-hybridized carbons (Fsp3) is 0.600. The highest BCUT2D eigenvalue weighted by atomic mass is 16.5. The Morgan fingerprint density at radius 3 is 2.58 bits per heavy atom. The van der Waals surface area contributed by atoms with Gasteiger partial charge in [0.1, 0.15) is 5.75 Å². The molecule has 1 aromatic rings. The Bertz CT molecular complexity index is 449. The number of anilines is 1. The van der Waals surface area contributed by atoms with Crippen LogP contribution in [0.2, 0.25) is 0 Å². The van der Waals surface area contributed by atoms with Gasteiger partial charge in [0, 0.05) is 24.3 Å². The molecule has 2 aliphatic heterocycles. The van der Waals surface area contributed by atoms with Crippen LogP contribution in [0.3, 0.4) is 0 Å². The Kier molecular flexibility index (Phi) is 3.37. The van der Waals surface area contributed by atoms with Gasteiger partial charge in [-0.1, -0.05) is 6.07 Å². The molecule has 0 aliphatic carbocycles. The lowest BCUT2D eigenvalue weighted by Crippen LogP contribution is -2.43. The van der Waals surface area contributed by atoms with E-state index in [1.54, 1.807) is 14.0 Å². The maximum Gasteiger partial charge on any atom is 0.126 e. The maximum absolute atomic E-state index is 10.1. The quantitative estimate of drug-likeness (QED) is 0.907. The average Bonchev–Trinajstić information content (AvgIpc) is 2.76. The zero-order valence-electron chi connectivity index (χ0n) is 11.5. The van der Waals surface area contributed by atoms with Crippen molar-refractivity contribution in [1.82, 2.24) is 0 Å². The number of fused-ring (bicyclic) bond motifs is 2. The van der Waals surface area contributed by atoms with E-state index in [-0.39, 0.29) is 0 Å². The number of hydrogen-bond acceptors (Lipinski definition) is 4. The SMILES string of the molecule is COc1cccc(N2CC3CCC(C2)O3)c1[C@H](C)O. The van der Waals surface area contributed by atoms with Crippen molar-refractivity contribution in [2.45, 2.75) is 38.1 Å². The first-order chi connectivity index (χ1) is 9.19. The molecule has 3 atom stereocenters. The zero-order valence-corrected chi connectivity index (χ0v) is 11.5. The largest absolute Gasteiger partial charge is 0.496 e. The van der Waals surface area contributed by atoms with Crippen LogP contribution in [0.25, 0.3) is 0 Å².